The lowest BCUT2D eigenvalue weighted by molar-refractivity contribution is 0.608. The minimum absolute atomic E-state index is 0.260. The van der Waals surface area contributed by atoms with Gasteiger partial charge in [-0.15, -0.1) is 11.8 Å². The summed E-state index contributed by atoms with van der Waals surface area (Å²) in [7, 11) is 1.95. The van der Waals surface area contributed by atoms with Gasteiger partial charge in [0.25, 0.3) is 0 Å². The quantitative estimate of drug-likeness (QED) is 0.773. The number of nitrogens with one attached hydrogen (secondary N) is 1. The van der Waals surface area contributed by atoms with Crippen LogP contribution in [0.2, 0.25) is 5.02 Å². The van der Waals surface area contributed by atoms with E-state index in [9.17, 15) is 0 Å². The second-order valence-corrected chi connectivity index (χ2v) is 3.83. The Morgan fingerprint density at radius 2 is 2.20 bits per heavy atom. The molecule has 0 aliphatic rings. The molecule has 0 heterocycles. The molecule has 0 aliphatic heterocycles. The number of benzene rings is 1. The zero-order chi connectivity index (χ0) is 11.3. The third-order valence-electron chi connectivity index (χ3n) is 2.52. The number of hydrogen-bond acceptors (Lipinski definition) is 1. The smallest absolute Gasteiger partial charge is 0.0438 e. The third-order valence-corrected chi connectivity index (χ3v) is 2.93. The van der Waals surface area contributed by atoms with E-state index in [1.54, 1.807) is 0 Å². The van der Waals surface area contributed by atoms with Gasteiger partial charge in [-0.2, -0.15) is 0 Å². The van der Waals surface area contributed by atoms with E-state index >= 15 is 0 Å². The summed E-state index contributed by atoms with van der Waals surface area (Å²) in [6.07, 6.45) is 0.814. The topological polar surface area (TPSA) is 12.0 Å². The van der Waals surface area contributed by atoms with Crippen molar-refractivity contribution in [2.75, 3.05) is 7.05 Å². The van der Waals surface area contributed by atoms with Crippen LogP contribution in [0.3, 0.4) is 0 Å². The maximum absolute atomic E-state index is 6.09. The molecule has 1 N–H and O–H groups in total. The van der Waals surface area contributed by atoms with E-state index in [2.05, 4.69) is 23.2 Å². The Morgan fingerprint density at radius 3 is 2.80 bits per heavy atom. The van der Waals surface area contributed by atoms with Crippen molar-refractivity contribution in [3.05, 3.63) is 34.3 Å². The molecule has 0 fully saturated rings. The highest BCUT2D eigenvalue weighted by Crippen LogP contribution is 2.25. The van der Waals surface area contributed by atoms with E-state index in [1.807, 2.05) is 33.0 Å². The third kappa shape index (κ3) is 2.99. The minimum Gasteiger partial charge on any atom is -0.312 e. The van der Waals surface area contributed by atoms with Gasteiger partial charge >= 0.3 is 0 Å². The lowest BCUT2D eigenvalue weighted by Gasteiger charge is -2.17. The first-order valence-corrected chi connectivity index (χ1v) is 5.40. The molecule has 1 aromatic carbocycles. The second kappa shape index (κ2) is 5.80. The van der Waals surface area contributed by atoms with Crippen molar-refractivity contribution >= 4 is 11.6 Å². The molecule has 0 radical (unpaired) electrons. The van der Waals surface area contributed by atoms with Crippen LogP contribution in [0.15, 0.2) is 18.2 Å². The van der Waals surface area contributed by atoms with Crippen LogP contribution in [0.25, 0.3) is 0 Å². The van der Waals surface area contributed by atoms with Crippen LogP contribution in [0.4, 0.5) is 0 Å². The Morgan fingerprint density at radius 1 is 1.47 bits per heavy atom. The summed E-state index contributed by atoms with van der Waals surface area (Å²) >= 11 is 6.09. The Labute approximate surface area is 96.8 Å². The average molecular weight is 222 g/mol. The second-order valence-electron chi connectivity index (χ2n) is 3.43. The van der Waals surface area contributed by atoms with Crippen molar-refractivity contribution in [2.24, 2.45) is 0 Å². The predicted octanol–water partition coefficient (Wildman–Crippen LogP) is 3.32. The predicted molar refractivity (Wildman–Crippen MR) is 66.1 cm³/mol. The van der Waals surface area contributed by atoms with Crippen LogP contribution < -0.4 is 5.32 Å². The molecule has 80 valence electrons. The largest absolute Gasteiger partial charge is 0.312 e. The Hall–Kier alpha value is -0.970. The zero-order valence-corrected chi connectivity index (χ0v) is 10.2. The van der Waals surface area contributed by atoms with Crippen LogP contribution in [0.5, 0.6) is 0 Å². The lowest BCUT2D eigenvalue weighted by atomic mass is 9.99. The molecule has 2 heteroatoms. The summed E-state index contributed by atoms with van der Waals surface area (Å²) < 4.78 is 0. The summed E-state index contributed by atoms with van der Waals surface area (Å²) in [5.74, 6) is 6.00. The molecule has 1 rings (SSSR count). The molecule has 0 saturated carbocycles. The molecule has 15 heavy (non-hydrogen) atoms. The minimum atomic E-state index is 0.260. The molecule has 1 atom stereocenters. The number of halogens is 1. The van der Waals surface area contributed by atoms with Crippen molar-refractivity contribution in [3.8, 4) is 11.8 Å². The standard InChI is InChI=1S/C13H16ClN/c1-4-5-9-13(15-3)11-7-6-8-12(14)10(11)2/h6-8,13,15H,9H2,1-3H3. The van der Waals surface area contributed by atoms with E-state index in [-0.39, 0.29) is 6.04 Å². The molecule has 1 nitrogen and oxygen atoms in total. The SMILES string of the molecule is CC#CCC(NC)c1cccc(Cl)c1C. The molecule has 0 bridgehead atoms. The van der Waals surface area contributed by atoms with Crippen molar-refractivity contribution in [2.45, 2.75) is 26.3 Å². The highest BCUT2D eigenvalue weighted by atomic mass is 35.5. The van der Waals surface area contributed by atoms with Gasteiger partial charge in [-0.3, -0.25) is 0 Å². The van der Waals surface area contributed by atoms with Crippen LogP contribution in [-0.4, -0.2) is 7.05 Å². The molecular formula is C13H16ClN. The van der Waals surface area contributed by atoms with Crippen molar-refractivity contribution in [1.29, 1.82) is 0 Å². The monoisotopic (exact) mass is 221 g/mol. The molecule has 0 saturated heterocycles. The van der Waals surface area contributed by atoms with Gasteiger partial charge < -0.3 is 5.32 Å². The molecule has 1 aromatic rings. The highest BCUT2D eigenvalue weighted by Gasteiger charge is 2.11. The van der Waals surface area contributed by atoms with Crippen molar-refractivity contribution in [3.63, 3.8) is 0 Å². The first-order chi connectivity index (χ1) is 7.20. The Kier molecular flexibility index (Phi) is 4.68. The van der Waals surface area contributed by atoms with E-state index < -0.39 is 0 Å². The molecule has 0 spiro atoms. The summed E-state index contributed by atoms with van der Waals surface area (Å²) in [5, 5.41) is 4.08. The highest BCUT2D eigenvalue weighted by molar-refractivity contribution is 6.31. The average Bonchev–Trinajstić information content (AvgIpc) is 2.25. The van der Waals surface area contributed by atoms with Gasteiger partial charge in [0.2, 0.25) is 0 Å². The van der Waals surface area contributed by atoms with Gasteiger partial charge in [-0.05, 0) is 38.1 Å². The van der Waals surface area contributed by atoms with Crippen LogP contribution in [0, 0.1) is 18.8 Å². The maximum Gasteiger partial charge on any atom is 0.0438 e. The molecule has 0 aromatic heterocycles. The Balaban J connectivity index is 2.99. The summed E-state index contributed by atoms with van der Waals surface area (Å²) in [4.78, 5) is 0. The van der Waals surface area contributed by atoms with E-state index in [0.717, 1.165) is 17.0 Å². The fourth-order valence-electron chi connectivity index (χ4n) is 1.57. The fraction of sp³-hybridized carbons (Fsp3) is 0.385. The van der Waals surface area contributed by atoms with Crippen LogP contribution >= 0.6 is 11.6 Å². The fourth-order valence-corrected chi connectivity index (χ4v) is 1.76. The Bertz CT molecular complexity index is 387. The van der Waals surface area contributed by atoms with E-state index in [1.165, 1.54) is 5.56 Å². The first-order valence-electron chi connectivity index (χ1n) is 5.02. The summed E-state index contributed by atoms with van der Waals surface area (Å²) in [6, 6.07) is 6.25. The number of rotatable bonds is 3. The zero-order valence-electron chi connectivity index (χ0n) is 9.39. The first kappa shape index (κ1) is 12.1. The van der Waals surface area contributed by atoms with Gasteiger partial charge in [0, 0.05) is 17.5 Å². The van der Waals surface area contributed by atoms with E-state index in [4.69, 9.17) is 11.6 Å². The van der Waals surface area contributed by atoms with Gasteiger partial charge in [-0.25, -0.2) is 0 Å². The van der Waals surface area contributed by atoms with Gasteiger partial charge in [0.1, 0.15) is 0 Å². The molecule has 1 unspecified atom stereocenters. The van der Waals surface area contributed by atoms with E-state index in [0.29, 0.717) is 0 Å². The summed E-state index contributed by atoms with van der Waals surface area (Å²) in [6.45, 7) is 3.90. The lowest BCUT2D eigenvalue weighted by Crippen LogP contribution is -2.16. The van der Waals surface area contributed by atoms with Gasteiger partial charge in [-0.1, -0.05) is 23.7 Å². The van der Waals surface area contributed by atoms with Crippen LogP contribution in [-0.2, 0) is 0 Å². The van der Waals surface area contributed by atoms with Gasteiger partial charge in [0.15, 0.2) is 0 Å². The normalized spacial score (nSPS) is 11.7. The van der Waals surface area contributed by atoms with Crippen molar-refractivity contribution in [1.82, 2.24) is 5.32 Å². The van der Waals surface area contributed by atoms with Crippen LogP contribution in [0.1, 0.15) is 30.5 Å². The van der Waals surface area contributed by atoms with Crippen molar-refractivity contribution < 1.29 is 0 Å². The molecular weight excluding hydrogens is 206 g/mol. The van der Waals surface area contributed by atoms with Gasteiger partial charge in [0.05, 0.1) is 0 Å². The summed E-state index contributed by atoms with van der Waals surface area (Å²) in [5.41, 5.74) is 2.36. The maximum atomic E-state index is 6.09. The molecule has 0 aliphatic carbocycles. The number of hydrogen-bond donors (Lipinski definition) is 1. The molecule has 0 amide bonds.